The molecule has 13 atom stereocenters. The molecule has 0 unspecified atom stereocenters. The fourth-order valence-electron chi connectivity index (χ4n) is 13.4. The van der Waals surface area contributed by atoms with Gasteiger partial charge in [0.15, 0.2) is 12.4 Å². The molecule has 4 saturated carbocycles. The van der Waals surface area contributed by atoms with Crippen molar-refractivity contribution in [3.63, 3.8) is 0 Å². The quantitative estimate of drug-likeness (QED) is 0.0897. The summed E-state index contributed by atoms with van der Waals surface area (Å²) in [7, 11) is 2.61. The van der Waals surface area contributed by atoms with Gasteiger partial charge in [-0.3, -0.25) is 9.59 Å². The molecular formula is C44H71NO10. The highest BCUT2D eigenvalue weighted by Crippen LogP contribution is 2.76. The molecule has 5 fully saturated rings. The number of carbonyl (C=O) groups is 3. The zero-order valence-electron chi connectivity index (χ0n) is 35.1. The van der Waals surface area contributed by atoms with E-state index in [1.54, 1.807) is 0 Å². The van der Waals surface area contributed by atoms with Crippen LogP contribution >= 0.6 is 0 Å². The maximum atomic E-state index is 14.4. The van der Waals surface area contributed by atoms with Gasteiger partial charge in [0.25, 0.3) is 0 Å². The molecule has 0 radical (unpaired) electrons. The van der Waals surface area contributed by atoms with Crippen LogP contribution in [0.25, 0.3) is 0 Å². The SMILES string of the molecule is COC(=O)CCCCCNC(=O)[C@]12CCC(C)(C)C[C@H]1C1=CC[C@@H]3[C@@]4(C)CC[C@H](O[C@@H]5O[C@H](C(=O)OC)[C@@H](O)[C@H](O)[C@H]5O)C(C)(C)[C@@H]4CC[C@@]3(C)[C@]1(C)CC2. The van der Waals surface area contributed by atoms with E-state index >= 15 is 0 Å². The maximum Gasteiger partial charge on any atom is 0.337 e. The van der Waals surface area contributed by atoms with E-state index in [1.807, 2.05) is 0 Å². The van der Waals surface area contributed by atoms with Crippen molar-refractivity contribution in [2.45, 2.75) is 175 Å². The molecule has 5 aliphatic carbocycles. The number of carbonyl (C=O) groups excluding carboxylic acids is 3. The minimum atomic E-state index is -1.62. The van der Waals surface area contributed by atoms with Gasteiger partial charge in [-0.25, -0.2) is 4.79 Å². The Balaban J connectivity index is 1.21. The lowest BCUT2D eigenvalue weighted by Crippen LogP contribution is -2.66. The number of unbranched alkanes of at least 4 members (excludes halogenated alkanes) is 2. The molecule has 6 aliphatic rings. The van der Waals surface area contributed by atoms with E-state index in [0.29, 0.717) is 24.8 Å². The summed E-state index contributed by atoms with van der Waals surface area (Å²) >= 11 is 0. The third-order valence-corrected chi connectivity index (χ3v) is 16.9. The number of ether oxygens (including phenoxy) is 4. The summed E-state index contributed by atoms with van der Waals surface area (Å²) in [6, 6.07) is 0. The van der Waals surface area contributed by atoms with Gasteiger partial charge in [-0.15, -0.1) is 0 Å². The van der Waals surface area contributed by atoms with Crippen molar-refractivity contribution in [3.05, 3.63) is 11.6 Å². The molecule has 0 aromatic rings. The predicted molar refractivity (Wildman–Crippen MR) is 206 cm³/mol. The molecule has 4 N–H and O–H groups in total. The van der Waals surface area contributed by atoms with E-state index in [9.17, 15) is 29.7 Å². The van der Waals surface area contributed by atoms with Crippen LogP contribution in [0.3, 0.4) is 0 Å². The van der Waals surface area contributed by atoms with Crippen LogP contribution < -0.4 is 5.32 Å². The molecular weight excluding hydrogens is 702 g/mol. The number of hydrogen-bond acceptors (Lipinski definition) is 10. The Morgan fingerprint density at radius 3 is 2.22 bits per heavy atom. The number of amides is 1. The van der Waals surface area contributed by atoms with Gasteiger partial charge in [-0.2, -0.15) is 0 Å². The lowest BCUT2D eigenvalue weighted by atomic mass is 9.33. The highest BCUT2D eigenvalue weighted by molar-refractivity contribution is 5.84. The number of rotatable bonds is 10. The van der Waals surface area contributed by atoms with Gasteiger partial charge >= 0.3 is 11.9 Å². The smallest absolute Gasteiger partial charge is 0.337 e. The standard InChI is InChI=1S/C44H71NO10/c1-39(2)20-22-44(38(51)45-24-12-10-11-13-31(46)52-8)23-21-42(6)26(27(44)25-39)14-15-29-41(5)18-17-30(40(3,4)28(41)16-19-43(29,42)7)54-37-34(49)32(47)33(48)35(55-37)36(50)53-9/h14,27-30,32-35,37,47-49H,10-13,15-25H2,1-9H3,(H,45,51)/t27-,28-,29+,30-,32-,33-,34+,35-,37+,41-,42+,43+,44-/m0/s1. The zero-order valence-corrected chi connectivity index (χ0v) is 35.1. The Bertz CT molecular complexity index is 1490. The molecule has 1 aliphatic heterocycles. The second-order valence-corrected chi connectivity index (χ2v) is 20.4. The van der Waals surface area contributed by atoms with Crippen molar-refractivity contribution in [2.75, 3.05) is 20.8 Å². The highest BCUT2D eigenvalue weighted by atomic mass is 16.7. The van der Waals surface area contributed by atoms with Crippen molar-refractivity contribution in [2.24, 2.45) is 50.2 Å². The lowest BCUT2D eigenvalue weighted by Gasteiger charge is -2.71. The number of aliphatic hydroxyl groups is 3. The van der Waals surface area contributed by atoms with Gasteiger partial charge < -0.3 is 39.6 Å². The first-order chi connectivity index (χ1) is 25.7. The molecule has 6 rings (SSSR count). The number of allylic oxidation sites excluding steroid dienone is 2. The number of aliphatic hydroxyl groups excluding tert-OH is 3. The third kappa shape index (κ3) is 7.01. The lowest BCUT2D eigenvalue weighted by molar-refractivity contribution is -0.324. The molecule has 312 valence electrons. The number of esters is 2. The van der Waals surface area contributed by atoms with E-state index in [0.717, 1.165) is 83.5 Å². The van der Waals surface area contributed by atoms with Gasteiger partial charge in [0, 0.05) is 13.0 Å². The van der Waals surface area contributed by atoms with Crippen LogP contribution in [0.15, 0.2) is 11.6 Å². The number of nitrogens with one attached hydrogen (secondary N) is 1. The van der Waals surface area contributed by atoms with Gasteiger partial charge in [0.1, 0.15) is 18.3 Å². The maximum absolute atomic E-state index is 14.4. The predicted octanol–water partition coefficient (Wildman–Crippen LogP) is 6.00. The second-order valence-electron chi connectivity index (χ2n) is 20.4. The summed E-state index contributed by atoms with van der Waals surface area (Å²) in [5.41, 5.74) is 1.02. The molecule has 55 heavy (non-hydrogen) atoms. The molecule has 0 spiro atoms. The van der Waals surface area contributed by atoms with E-state index < -0.39 is 42.1 Å². The Labute approximate surface area is 329 Å². The monoisotopic (exact) mass is 774 g/mol. The molecule has 11 nitrogen and oxygen atoms in total. The third-order valence-electron chi connectivity index (χ3n) is 16.9. The molecule has 11 heteroatoms. The Hall–Kier alpha value is -2.05. The molecule has 0 aromatic heterocycles. The van der Waals surface area contributed by atoms with Crippen LogP contribution in [0.5, 0.6) is 0 Å². The van der Waals surface area contributed by atoms with Crippen LogP contribution in [-0.2, 0) is 33.3 Å². The first-order valence-electron chi connectivity index (χ1n) is 21.2. The van der Waals surface area contributed by atoms with Crippen LogP contribution in [-0.4, -0.2) is 90.7 Å². The molecule has 1 amide bonds. The number of hydrogen-bond donors (Lipinski definition) is 4. The zero-order chi connectivity index (χ0) is 40.4. The van der Waals surface area contributed by atoms with Crippen molar-refractivity contribution in [3.8, 4) is 0 Å². The average Bonchev–Trinajstić information content (AvgIpc) is 3.13. The first kappa shape index (κ1) is 42.6. The van der Waals surface area contributed by atoms with E-state index in [4.69, 9.17) is 18.9 Å². The van der Waals surface area contributed by atoms with Crippen LogP contribution in [0, 0.1) is 50.2 Å². The molecule has 0 bridgehead atoms. The van der Waals surface area contributed by atoms with Crippen molar-refractivity contribution >= 4 is 17.8 Å². The summed E-state index contributed by atoms with van der Waals surface area (Å²) < 4.78 is 21.9. The van der Waals surface area contributed by atoms with E-state index in [-0.39, 0.29) is 51.0 Å². The molecule has 1 heterocycles. The van der Waals surface area contributed by atoms with Crippen LogP contribution in [0.4, 0.5) is 0 Å². The Kier molecular flexibility index (Phi) is 11.8. The minimum Gasteiger partial charge on any atom is -0.469 e. The minimum absolute atomic E-state index is 0.0172. The van der Waals surface area contributed by atoms with Gasteiger partial charge in [0.2, 0.25) is 5.91 Å². The van der Waals surface area contributed by atoms with Gasteiger partial charge in [-0.05, 0) is 122 Å². The normalized spacial score (nSPS) is 44.4. The van der Waals surface area contributed by atoms with Crippen molar-refractivity contribution in [1.82, 2.24) is 5.32 Å². The summed E-state index contributed by atoms with van der Waals surface area (Å²) in [5.74, 6) is 0.178. The Morgan fingerprint density at radius 2 is 1.53 bits per heavy atom. The summed E-state index contributed by atoms with van der Waals surface area (Å²) in [4.78, 5) is 38.3. The average molecular weight is 774 g/mol. The summed E-state index contributed by atoms with van der Waals surface area (Å²) in [6.07, 6.45) is 7.34. The van der Waals surface area contributed by atoms with Crippen LogP contribution in [0.1, 0.15) is 138 Å². The Morgan fingerprint density at radius 1 is 0.818 bits per heavy atom. The van der Waals surface area contributed by atoms with E-state index in [1.165, 1.54) is 19.8 Å². The molecule has 1 saturated heterocycles. The van der Waals surface area contributed by atoms with Gasteiger partial charge in [-0.1, -0.05) is 66.5 Å². The highest BCUT2D eigenvalue weighted by Gasteiger charge is 2.69. The topological polar surface area (TPSA) is 161 Å². The fraction of sp³-hybridized carbons (Fsp3) is 0.886. The fourth-order valence-corrected chi connectivity index (χ4v) is 13.4. The van der Waals surface area contributed by atoms with Crippen LogP contribution in [0.2, 0.25) is 0 Å². The summed E-state index contributed by atoms with van der Waals surface area (Å²) in [5, 5.41) is 35.3. The van der Waals surface area contributed by atoms with Crippen molar-refractivity contribution in [1.29, 1.82) is 0 Å². The summed E-state index contributed by atoms with van der Waals surface area (Å²) in [6.45, 7) is 17.5. The molecule has 0 aromatic carbocycles. The van der Waals surface area contributed by atoms with Gasteiger partial charge in [0.05, 0.1) is 25.7 Å². The number of methoxy groups -OCH3 is 2. The first-order valence-corrected chi connectivity index (χ1v) is 21.2. The largest absolute Gasteiger partial charge is 0.469 e. The van der Waals surface area contributed by atoms with Crippen molar-refractivity contribution < 1.29 is 48.7 Å². The number of fused-ring (bicyclic) bond motifs is 7. The van der Waals surface area contributed by atoms with E-state index in [2.05, 4.69) is 59.9 Å². The second kappa shape index (κ2) is 15.3.